The van der Waals surface area contributed by atoms with Gasteiger partial charge in [0.25, 0.3) is 0 Å². The van der Waals surface area contributed by atoms with E-state index in [4.69, 9.17) is 4.55 Å². The number of carbonyl (C=O) groups is 1. The van der Waals surface area contributed by atoms with Crippen molar-refractivity contribution >= 4 is 17.9 Å². The molecule has 80 valence electrons. The molecule has 0 unspecified atom stereocenters. The Kier molecular flexibility index (Phi) is 9.41. The maximum atomic E-state index is 10.4. The fourth-order valence-electron chi connectivity index (χ4n) is 0.451. The van der Waals surface area contributed by atoms with E-state index in [1.54, 1.807) is 0 Å². The van der Waals surface area contributed by atoms with Crippen LogP contribution in [-0.2, 0) is 4.79 Å². The van der Waals surface area contributed by atoms with Crippen molar-refractivity contribution in [3.8, 4) is 46.9 Å². The highest BCUT2D eigenvalue weighted by atomic mass is 32.2. The summed E-state index contributed by atoms with van der Waals surface area (Å²) in [6.07, 6.45) is 0. The Morgan fingerprint density at radius 1 is 1.25 bits per heavy atom. The molecule has 0 aliphatic carbocycles. The molecular weight excluding hydrogens is 224 g/mol. The number of hydrogen-bond donors (Lipinski definition) is 3. The van der Waals surface area contributed by atoms with Gasteiger partial charge in [-0.3, -0.25) is 10.1 Å². The molecule has 1 amide bonds. The maximum Gasteiger partial charge on any atom is 0.228 e. The van der Waals surface area contributed by atoms with Crippen molar-refractivity contribution in [2.45, 2.75) is 6.92 Å². The van der Waals surface area contributed by atoms with Crippen LogP contribution in [0.1, 0.15) is 6.92 Å². The van der Waals surface area contributed by atoms with Crippen LogP contribution in [0.15, 0.2) is 0 Å². The minimum absolute atomic E-state index is 0.224. The van der Waals surface area contributed by atoms with Gasteiger partial charge < -0.3 is 9.87 Å². The van der Waals surface area contributed by atoms with E-state index in [0.29, 0.717) is 18.6 Å². The third-order valence-electron chi connectivity index (χ3n) is 0.939. The van der Waals surface area contributed by atoms with Gasteiger partial charge in [0.2, 0.25) is 5.91 Å². The molecule has 0 heterocycles. The Bertz CT molecular complexity index is 469. The lowest BCUT2D eigenvalue weighted by Crippen LogP contribution is -2.11. The van der Waals surface area contributed by atoms with Crippen LogP contribution in [0.5, 0.6) is 0 Å². The molecule has 0 aromatic heterocycles. The summed E-state index contributed by atoms with van der Waals surface area (Å²) in [5.41, 5.74) is 0. The second-order valence-corrected chi connectivity index (χ2v) is 2.54. The molecule has 0 atom stereocenters. The Morgan fingerprint density at radius 3 is 2.69 bits per heavy atom. The SMILES string of the molecule is CC(=O)NC#CC#CCNC#CC#CSO. The summed E-state index contributed by atoms with van der Waals surface area (Å²) in [6, 6.07) is 4.87. The Balaban J connectivity index is 3.71. The van der Waals surface area contributed by atoms with Crippen molar-refractivity contribution in [3.05, 3.63) is 0 Å². The van der Waals surface area contributed by atoms with Gasteiger partial charge in [-0.15, -0.1) is 0 Å². The molecule has 0 aromatic rings. The van der Waals surface area contributed by atoms with Crippen molar-refractivity contribution < 1.29 is 9.35 Å². The number of hydrogen-bond acceptors (Lipinski definition) is 4. The van der Waals surface area contributed by atoms with Crippen LogP contribution >= 0.6 is 12.0 Å². The first-order chi connectivity index (χ1) is 7.77. The predicted octanol–water partition coefficient (Wildman–Crippen LogP) is -0.196. The van der Waals surface area contributed by atoms with Gasteiger partial charge in [-0.25, -0.2) is 0 Å². The van der Waals surface area contributed by atoms with Gasteiger partial charge in [-0.05, 0) is 5.92 Å². The minimum atomic E-state index is -0.224. The quantitative estimate of drug-likeness (QED) is 0.254. The van der Waals surface area contributed by atoms with Crippen molar-refractivity contribution in [1.29, 1.82) is 0 Å². The van der Waals surface area contributed by atoms with Gasteiger partial charge >= 0.3 is 0 Å². The van der Waals surface area contributed by atoms with Crippen molar-refractivity contribution in [2.75, 3.05) is 6.54 Å². The highest BCUT2D eigenvalue weighted by Crippen LogP contribution is 1.80. The molecule has 0 spiro atoms. The minimum Gasteiger partial charge on any atom is -0.333 e. The zero-order valence-electron chi connectivity index (χ0n) is 8.47. The van der Waals surface area contributed by atoms with Gasteiger partial charge in [0.1, 0.15) is 0 Å². The second-order valence-electron chi connectivity index (χ2n) is 2.15. The molecule has 0 rings (SSSR count). The zero-order chi connectivity index (χ0) is 12.1. The highest BCUT2D eigenvalue weighted by molar-refractivity contribution is 7.98. The Labute approximate surface area is 98.8 Å². The molecule has 5 heteroatoms. The molecule has 0 saturated carbocycles. The fraction of sp³-hybridized carbons (Fsp3) is 0.182. The van der Waals surface area contributed by atoms with Crippen LogP contribution in [0.2, 0.25) is 0 Å². The average Bonchev–Trinajstić information content (AvgIpc) is 2.25. The molecule has 16 heavy (non-hydrogen) atoms. The average molecular weight is 232 g/mol. The second kappa shape index (κ2) is 10.9. The van der Waals surface area contributed by atoms with E-state index in [1.165, 1.54) is 6.92 Å². The van der Waals surface area contributed by atoms with Crippen molar-refractivity contribution in [2.24, 2.45) is 0 Å². The fourth-order valence-corrected chi connectivity index (χ4v) is 0.548. The molecule has 0 aliphatic rings. The molecule has 0 aromatic carbocycles. The molecule has 0 radical (unpaired) electrons. The molecule has 0 saturated heterocycles. The first-order valence-electron chi connectivity index (χ1n) is 4.05. The summed E-state index contributed by atoms with van der Waals surface area (Å²) in [5, 5.41) is 7.22. The lowest BCUT2D eigenvalue weighted by molar-refractivity contribution is -0.117. The van der Waals surface area contributed by atoms with E-state index in [0.717, 1.165) is 0 Å². The van der Waals surface area contributed by atoms with Crippen LogP contribution in [0, 0.1) is 46.9 Å². The lowest BCUT2D eigenvalue weighted by Gasteiger charge is -1.82. The first-order valence-corrected chi connectivity index (χ1v) is 4.82. The van der Waals surface area contributed by atoms with E-state index >= 15 is 0 Å². The summed E-state index contributed by atoms with van der Waals surface area (Å²) in [7, 11) is 0. The first kappa shape index (κ1) is 13.8. The number of nitrogens with one attached hydrogen (secondary N) is 2. The third kappa shape index (κ3) is 11.8. The van der Waals surface area contributed by atoms with Crippen LogP contribution in [0.4, 0.5) is 0 Å². The monoisotopic (exact) mass is 232 g/mol. The smallest absolute Gasteiger partial charge is 0.228 e. The van der Waals surface area contributed by atoms with E-state index in [2.05, 4.69) is 57.6 Å². The number of carbonyl (C=O) groups excluding carboxylic acids is 1. The van der Waals surface area contributed by atoms with Crippen LogP contribution in [0.3, 0.4) is 0 Å². The number of rotatable bonds is 1. The molecule has 0 bridgehead atoms. The Hall–Kier alpha value is -2.18. The summed E-state index contributed by atoms with van der Waals surface area (Å²) < 4.78 is 8.22. The van der Waals surface area contributed by atoms with Crippen LogP contribution < -0.4 is 10.6 Å². The zero-order valence-corrected chi connectivity index (χ0v) is 9.29. The summed E-state index contributed by atoms with van der Waals surface area (Å²) in [6.45, 7) is 1.71. The standard InChI is InChI=1S/C11H8N2O2S/c1-11(14)13-9-4-2-3-7-12-8-5-6-10-16-15/h12,15H,7H2,1H3,(H,13,14). The van der Waals surface area contributed by atoms with Gasteiger partial charge in [0.15, 0.2) is 0 Å². The summed E-state index contributed by atoms with van der Waals surface area (Å²) in [5.74, 6) is 12.2. The number of amides is 1. The maximum absolute atomic E-state index is 10.4. The van der Waals surface area contributed by atoms with Crippen molar-refractivity contribution in [3.63, 3.8) is 0 Å². The van der Waals surface area contributed by atoms with Crippen molar-refractivity contribution in [1.82, 2.24) is 10.6 Å². The van der Waals surface area contributed by atoms with E-state index < -0.39 is 0 Å². The van der Waals surface area contributed by atoms with Gasteiger partial charge in [-0.2, -0.15) is 0 Å². The third-order valence-corrected chi connectivity index (χ3v) is 1.13. The highest BCUT2D eigenvalue weighted by Gasteiger charge is 1.78. The molecule has 0 fully saturated rings. The topological polar surface area (TPSA) is 61.4 Å². The largest absolute Gasteiger partial charge is 0.333 e. The normalized spacial score (nSPS) is 6.12. The summed E-state index contributed by atoms with van der Waals surface area (Å²) in [4.78, 5) is 10.4. The van der Waals surface area contributed by atoms with Gasteiger partial charge in [-0.1, -0.05) is 5.92 Å². The van der Waals surface area contributed by atoms with Crippen LogP contribution in [-0.4, -0.2) is 17.0 Å². The van der Waals surface area contributed by atoms with Gasteiger partial charge in [0.05, 0.1) is 18.6 Å². The lowest BCUT2D eigenvalue weighted by atomic mass is 10.5. The Morgan fingerprint density at radius 2 is 2.00 bits per heavy atom. The van der Waals surface area contributed by atoms with E-state index in [9.17, 15) is 4.79 Å². The van der Waals surface area contributed by atoms with E-state index in [1.807, 2.05) is 0 Å². The summed E-state index contributed by atoms with van der Waals surface area (Å²) >= 11 is 0.409. The molecular formula is C11H8N2O2S. The van der Waals surface area contributed by atoms with Crippen LogP contribution in [0.25, 0.3) is 0 Å². The molecule has 0 aliphatic heterocycles. The predicted molar refractivity (Wildman–Crippen MR) is 63.1 cm³/mol. The van der Waals surface area contributed by atoms with E-state index in [-0.39, 0.29) is 5.91 Å². The molecule has 4 nitrogen and oxygen atoms in total. The van der Waals surface area contributed by atoms with Gasteiger partial charge in [0, 0.05) is 42.0 Å². The molecule has 3 N–H and O–H groups in total.